The van der Waals surface area contributed by atoms with Gasteiger partial charge in [0.2, 0.25) is 0 Å². The van der Waals surface area contributed by atoms with Gasteiger partial charge in [-0.05, 0) is 51.0 Å². The van der Waals surface area contributed by atoms with Crippen LogP contribution >= 0.6 is 0 Å². The Labute approximate surface area is 116 Å². The van der Waals surface area contributed by atoms with Crippen molar-refractivity contribution >= 4 is 0 Å². The maximum atomic E-state index is 6.10. The first-order valence-corrected chi connectivity index (χ1v) is 7.26. The molecule has 19 heavy (non-hydrogen) atoms. The van der Waals surface area contributed by atoms with E-state index in [4.69, 9.17) is 11.5 Å². The van der Waals surface area contributed by atoms with Gasteiger partial charge in [0.25, 0.3) is 0 Å². The van der Waals surface area contributed by atoms with E-state index in [1.54, 1.807) is 0 Å². The molecule has 0 radical (unpaired) electrons. The predicted molar refractivity (Wildman–Crippen MR) is 82.0 cm³/mol. The molecule has 1 aromatic rings. The van der Waals surface area contributed by atoms with Crippen molar-refractivity contribution in [2.45, 2.75) is 25.3 Å². The van der Waals surface area contributed by atoms with Crippen LogP contribution in [0.2, 0.25) is 0 Å². The number of hydrogen-bond acceptors (Lipinski definition) is 4. The molecule has 1 unspecified atom stereocenters. The second kappa shape index (κ2) is 10.9. The molecule has 0 fully saturated rings. The normalized spacial score (nSPS) is 12.5. The van der Waals surface area contributed by atoms with Gasteiger partial charge in [0.1, 0.15) is 0 Å². The molecule has 0 saturated carbocycles. The number of hydrogen-bond donors (Lipinski definition) is 4. The summed E-state index contributed by atoms with van der Waals surface area (Å²) in [5.41, 5.74) is 12.7. The maximum absolute atomic E-state index is 6.10. The number of benzene rings is 1. The summed E-state index contributed by atoms with van der Waals surface area (Å²) in [6, 6.07) is 10.3. The largest absolute Gasteiger partial charge is 0.330 e. The molecule has 0 bridgehead atoms. The van der Waals surface area contributed by atoms with E-state index in [0.29, 0.717) is 0 Å². The Hall–Kier alpha value is -0.940. The minimum Gasteiger partial charge on any atom is -0.330 e. The van der Waals surface area contributed by atoms with E-state index in [2.05, 4.69) is 22.8 Å². The zero-order chi connectivity index (χ0) is 13.8. The fraction of sp³-hybridized carbons (Fsp3) is 0.600. The van der Waals surface area contributed by atoms with Crippen LogP contribution in [0.4, 0.5) is 0 Å². The third-order valence-corrected chi connectivity index (χ3v) is 3.11. The van der Waals surface area contributed by atoms with Gasteiger partial charge >= 0.3 is 0 Å². The lowest BCUT2D eigenvalue weighted by Crippen LogP contribution is -2.28. The van der Waals surface area contributed by atoms with Gasteiger partial charge < -0.3 is 22.1 Å². The van der Waals surface area contributed by atoms with E-state index in [-0.39, 0.29) is 6.04 Å². The molecule has 108 valence electrons. The molecule has 0 aliphatic carbocycles. The summed E-state index contributed by atoms with van der Waals surface area (Å²) in [6.07, 6.45) is 3.43. The van der Waals surface area contributed by atoms with Gasteiger partial charge in [0.05, 0.1) is 0 Å². The standard InChI is InChI=1S/C15H28N4/c16-9-6-12-18-10-4-5-11-19-13-15(17)14-7-2-1-3-8-14/h1-3,7-8,15,18-19H,4-6,9-13,16-17H2. The highest BCUT2D eigenvalue weighted by atomic mass is 14.9. The first-order chi connectivity index (χ1) is 9.34. The summed E-state index contributed by atoms with van der Waals surface area (Å²) in [7, 11) is 0. The molecule has 1 atom stereocenters. The molecule has 0 heterocycles. The van der Waals surface area contributed by atoms with E-state index in [9.17, 15) is 0 Å². The van der Waals surface area contributed by atoms with Crippen LogP contribution in [-0.4, -0.2) is 32.7 Å². The zero-order valence-corrected chi connectivity index (χ0v) is 11.8. The van der Waals surface area contributed by atoms with Crippen molar-refractivity contribution in [2.75, 3.05) is 32.7 Å². The summed E-state index contributed by atoms with van der Waals surface area (Å²) >= 11 is 0. The van der Waals surface area contributed by atoms with Crippen LogP contribution in [0.15, 0.2) is 30.3 Å². The second-order valence-corrected chi connectivity index (χ2v) is 4.82. The van der Waals surface area contributed by atoms with Crippen molar-refractivity contribution in [3.63, 3.8) is 0 Å². The Bertz CT molecular complexity index is 302. The van der Waals surface area contributed by atoms with Crippen molar-refractivity contribution < 1.29 is 0 Å². The Morgan fingerprint density at radius 1 is 0.895 bits per heavy atom. The molecule has 6 N–H and O–H groups in total. The lowest BCUT2D eigenvalue weighted by molar-refractivity contribution is 0.550. The highest BCUT2D eigenvalue weighted by Gasteiger charge is 2.03. The van der Waals surface area contributed by atoms with Crippen LogP contribution in [0.3, 0.4) is 0 Å². The van der Waals surface area contributed by atoms with Crippen LogP contribution in [0, 0.1) is 0 Å². The Morgan fingerprint density at radius 3 is 2.21 bits per heavy atom. The highest BCUT2D eigenvalue weighted by molar-refractivity contribution is 5.18. The molecular formula is C15H28N4. The summed E-state index contributed by atoms with van der Waals surface area (Å²) in [6.45, 7) is 4.74. The lowest BCUT2D eigenvalue weighted by atomic mass is 10.1. The van der Waals surface area contributed by atoms with Gasteiger partial charge in [-0.2, -0.15) is 0 Å². The minimum absolute atomic E-state index is 0.0869. The summed E-state index contributed by atoms with van der Waals surface area (Å²) in [4.78, 5) is 0. The molecule has 4 nitrogen and oxygen atoms in total. The molecule has 0 saturated heterocycles. The lowest BCUT2D eigenvalue weighted by Gasteiger charge is -2.13. The second-order valence-electron chi connectivity index (χ2n) is 4.82. The van der Waals surface area contributed by atoms with Crippen LogP contribution < -0.4 is 22.1 Å². The van der Waals surface area contributed by atoms with Crippen molar-refractivity contribution in [3.05, 3.63) is 35.9 Å². The molecule has 4 heteroatoms. The van der Waals surface area contributed by atoms with Crippen LogP contribution in [0.25, 0.3) is 0 Å². The minimum atomic E-state index is 0.0869. The highest BCUT2D eigenvalue weighted by Crippen LogP contribution is 2.07. The number of nitrogens with two attached hydrogens (primary N) is 2. The average molecular weight is 264 g/mol. The third-order valence-electron chi connectivity index (χ3n) is 3.11. The molecule has 0 amide bonds. The Balaban J connectivity index is 1.93. The van der Waals surface area contributed by atoms with Gasteiger partial charge in [-0.15, -0.1) is 0 Å². The smallest absolute Gasteiger partial charge is 0.0421 e. The van der Waals surface area contributed by atoms with Crippen molar-refractivity contribution in [3.8, 4) is 0 Å². The van der Waals surface area contributed by atoms with E-state index in [1.165, 1.54) is 18.4 Å². The monoisotopic (exact) mass is 264 g/mol. The molecule has 1 rings (SSSR count). The molecular weight excluding hydrogens is 236 g/mol. The predicted octanol–water partition coefficient (Wildman–Crippen LogP) is 0.995. The molecule has 1 aromatic carbocycles. The Kier molecular flexibility index (Phi) is 9.27. The van der Waals surface area contributed by atoms with Gasteiger partial charge in [-0.1, -0.05) is 30.3 Å². The van der Waals surface area contributed by atoms with Crippen LogP contribution in [0.5, 0.6) is 0 Å². The van der Waals surface area contributed by atoms with Gasteiger partial charge in [0.15, 0.2) is 0 Å². The quantitative estimate of drug-likeness (QED) is 0.450. The van der Waals surface area contributed by atoms with E-state index in [0.717, 1.165) is 39.1 Å². The number of unbranched alkanes of at least 4 members (excludes halogenated alkanes) is 1. The molecule has 0 spiro atoms. The molecule has 0 aromatic heterocycles. The topological polar surface area (TPSA) is 76.1 Å². The SMILES string of the molecule is NCCCNCCCCNCC(N)c1ccccc1. The van der Waals surface area contributed by atoms with Crippen LogP contribution in [-0.2, 0) is 0 Å². The zero-order valence-electron chi connectivity index (χ0n) is 11.8. The molecule has 0 aliphatic rings. The van der Waals surface area contributed by atoms with Gasteiger partial charge in [0, 0.05) is 12.6 Å². The fourth-order valence-corrected chi connectivity index (χ4v) is 1.93. The molecule has 0 aliphatic heterocycles. The van der Waals surface area contributed by atoms with Crippen molar-refractivity contribution in [1.29, 1.82) is 0 Å². The van der Waals surface area contributed by atoms with E-state index >= 15 is 0 Å². The number of rotatable bonds is 11. The van der Waals surface area contributed by atoms with Gasteiger partial charge in [-0.25, -0.2) is 0 Å². The number of nitrogens with one attached hydrogen (secondary N) is 2. The van der Waals surface area contributed by atoms with Gasteiger partial charge in [-0.3, -0.25) is 0 Å². The van der Waals surface area contributed by atoms with Crippen molar-refractivity contribution in [2.24, 2.45) is 11.5 Å². The summed E-state index contributed by atoms with van der Waals surface area (Å²) < 4.78 is 0. The third kappa shape index (κ3) is 7.95. The summed E-state index contributed by atoms with van der Waals surface area (Å²) in [5, 5.41) is 6.79. The van der Waals surface area contributed by atoms with E-state index in [1.807, 2.05) is 18.2 Å². The van der Waals surface area contributed by atoms with E-state index < -0.39 is 0 Å². The van der Waals surface area contributed by atoms with Crippen LogP contribution in [0.1, 0.15) is 30.9 Å². The Morgan fingerprint density at radius 2 is 1.53 bits per heavy atom. The first-order valence-electron chi connectivity index (χ1n) is 7.26. The fourth-order valence-electron chi connectivity index (χ4n) is 1.93. The first kappa shape index (κ1) is 16.1. The average Bonchev–Trinajstić information content (AvgIpc) is 2.46. The van der Waals surface area contributed by atoms with Crippen molar-refractivity contribution in [1.82, 2.24) is 10.6 Å². The maximum Gasteiger partial charge on any atom is 0.0421 e. The summed E-state index contributed by atoms with van der Waals surface area (Å²) in [5.74, 6) is 0.